The number of aromatic nitrogens is 2. The Balaban J connectivity index is 2.98. The average Bonchev–Trinajstić information content (AvgIpc) is 2.34. The minimum Gasteiger partial charge on any atom is -0.369 e. The van der Waals surface area contributed by atoms with Crippen LogP contribution in [0.2, 0.25) is 0 Å². The van der Waals surface area contributed by atoms with E-state index in [9.17, 15) is 18.0 Å². The van der Waals surface area contributed by atoms with Gasteiger partial charge in [0.15, 0.2) is 5.69 Å². The van der Waals surface area contributed by atoms with Crippen molar-refractivity contribution in [2.45, 2.75) is 20.0 Å². The fourth-order valence-electron chi connectivity index (χ4n) is 1.15. The fraction of sp³-hybridized carbons (Fsp3) is 0.500. The normalized spacial score (nSPS) is 12.1. The predicted molar refractivity (Wildman–Crippen MR) is 66.3 cm³/mol. The molecule has 1 heterocycles. The van der Waals surface area contributed by atoms with Gasteiger partial charge in [0.1, 0.15) is 5.82 Å². The number of hydrogen-bond donors (Lipinski definition) is 4. The van der Waals surface area contributed by atoms with Gasteiger partial charge in [-0.2, -0.15) is 18.2 Å². The Kier molecular flexibility index (Phi) is 4.38. The van der Waals surface area contributed by atoms with Crippen molar-refractivity contribution in [3.63, 3.8) is 0 Å². The SMILES string of the molecule is CC(C)(CNc1cc(C(F)(F)F)nc(NN)n1)C(N)=O. The summed E-state index contributed by atoms with van der Waals surface area (Å²) in [5, 5.41) is 2.61. The lowest BCUT2D eigenvalue weighted by atomic mass is 9.93. The summed E-state index contributed by atoms with van der Waals surface area (Å²) in [6.07, 6.45) is -4.63. The zero-order valence-corrected chi connectivity index (χ0v) is 10.9. The van der Waals surface area contributed by atoms with Crippen molar-refractivity contribution in [3.8, 4) is 0 Å². The molecule has 0 aliphatic carbocycles. The van der Waals surface area contributed by atoms with E-state index in [1.165, 1.54) is 0 Å². The minimum atomic E-state index is -4.63. The number of anilines is 2. The number of alkyl halides is 3. The molecule has 0 radical (unpaired) electrons. The molecule has 0 aliphatic rings. The van der Waals surface area contributed by atoms with Crippen LogP contribution in [0.5, 0.6) is 0 Å². The summed E-state index contributed by atoms with van der Waals surface area (Å²) in [6.45, 7) is 3.12. The lowest BCUT2D eigenvalue weighted by Gasteiger charge is -2.21. The van der Waals surface area contributed by atoms with Gasteiger partial charge in [-0.3, -0.25) is 10.2 Å². The first kappa shape index (κ1) is 16.0. The quantitative estimate of drug-likeness (QED) is 0.468. The van der Waals surface area contributed by atoms with E-state index in [-0.39, 0.29) is 18.3 Å². The van der Waals surface area contributed by atoms with Gasteiger partial charge in [0, 0.05) is 12.6 Å². The maximum Gasteiger partial charge on any atom is 0.433 e. The molecule has 7 nitrogen and oxygen atoms in total. The van der Waals surface area contributed by atoms with Gasteiger partial charge in [-0.15, -0.1) is 0 Å². The van der Waals surface area contributed by atoms with E-state index in [2.05, 4.69) is 15.3 Å². The summed E-state index contributed by atoms with van der Waals surface area (Å²) >= 11 is 0. The number of halogens is 3. The van der Waals surface area contributed by atoms with E-state index in [0.29, 0.717) is 0 Å². The number of primary amides is 1. The number of carbonyl (C=O) groups excluding carboxylic acids is 1. The maximum absolute atomic E-state index is 12.6. The van der Waals surface area contributed by atoms with Crippen molar-refractivity contribution in [1.82, 2.24) is 9.97 Å². The molecule has 1 rings (SSSR count). The number of amides is 1. The molecule has 0 bridgehead atoms. The topological polar surface area (TPSA) is 119 Å². The predicted octanol–water partition coefficient (Wildman–Crippen LogP) is 0.704. The number of nitrogens with zero attached hydrogens (tertiary/aromatic N) is 2. The molecule has 0 unspecified atom stereocenters. The van der Waals surface area contributed by atoms with Crippen LogP contribution in [0.25, 0.3) is 0 Å². The summed E-state index contributed by atoms with van der Waals surface area (Å²) in [5.74, 6) is 3.92. The highest BCUT2D eigenvalue weighted by Crippen LogP contribution is 2.29. The second-order valence-electron chi connectivity index (χ2n) is 4.71. The molecule has 0 aliphatic heterocycles. The first-order chi connectivity index (χ1) is 9.06. The van der Waals surface area contributed by atoms with E-state index < -0.39 is 23.2 Å². The Morgan fingerprint density at radius 2 is 1.95 bits per heavy atom. The Morgan fingerprint density at radius 1 is 1.35 bits per heavy atom. The van der Waals surface area contributed by atoms with Crippen molar-refractivity contribution in [2.75, 3.05) is 17.3 Å². The summed E-state index contributed by atoms with van der Waals surface area (Å²) in [4.78, 5) is 18.0. The molecule has 0 saturated heterocycles. The fourth-order valence-corrected chi connectivity index (χ4v) is 1.15. The Bertz CT molecular complexity index is 502. The number of carbonyl (C=O) groups is 1. The smallest absolute Gasteiger partial charge is 0.369 e. The van der Waals surface area contributed by atoms with Gasteiger partial charge >= 0.3 is 6.18 Å². The molecule has 1 aromatic rings. The summed E-state index contributed by atoms with van der Waals surface area (Å²) in [6, 6.07) is 0.720. The molecule has 0 spiro atoms. The van der Waals surface area contributed by atoms with Gasteiger partial charge in [0.25, 0.3) is 0 Å². The van der Waals surface area contributed by atoms with Crippen LogP contribution in [0.15, 0.2) is 6.07 Å². The van der Waals surface area contributed by atoms with Crippen molar-refractivity contribution in [1.29, 1.82) is 0 Å². The lowest BCUT2D eigenvalue weighted by Crippen LogP contribution is -2.37. The van der Waals surface area contributed by atoms with Gasteiger partial charge in [-0.25, -0.2) is 10.8 Å². The number of nitrogens with two attached hydrogens (primary N) is 2. The van der Waals surface area contributed by atoms with Crippen molar-refractivity contribution in [2.24, 2.45) is 17.0 Å². The number of hydrazine groups is 1. The second kappa shape index (κ2) is 5.49. The Morgan fingerprint density at radius 3 is 2.40 bits per heavy atom. The molecule has 0 fully saturated rings. The number of rotatable bonds is 5. The van der Waals surface area contributed by atoms with E-state index in [1.807, 2.05) is 5.43 Å². The molecule has 112 valence electrons. The van der Waals surface area contributed by atoms with Crippen LogP contribution >= 0.6 is 0 Å². The van der Waals surface area contributed by atoms with Gasteiger partial charge < -0.3 is 11.1 Å². The molecule has 0 saturated carbocycles. The Hall–Kier alpha value is -2.10. The summed E-state index contributed by atoms with van der Waals surface area (Å²) < 4.78 is 37.9. The van der Waals surface area contributed by atoms with E-state index in [4.69, 9.17) is 11.6 Å². The third kappa shape index (κ3) is 3.95. The number of nitrogen functional groups attached to an aromatic ring is 1. The highest BCUT2D eigenvalue weighted by molar-refractivity contribution is 5.80. The molecule has 0 atom stereocenters. The zero-order valence-electron chi connectivity index (χ0n) is 10.9. The van der Waals surface area contributed by atoms with E-state index >= 15 is 0 Å². The molecule has 20 heavy (non-hydrogen) atoms. The first-order valence-electron chi connectivity index (χ1n) is 5.53. The van der Waals surface area contributed by atoms with Gasteiger partial charge in [-0.05, 0) is 13.8 Å². The summed E-state index contributed by atoms with van der Waals surface area (Å²) in [7, 11) is 0. The number of hydrogen-bond acceptors (Lipinski definition) is 6. The van der Waals surface area contributed by atoms with Crippen LogP contribution in [0.1, 0.15) is 19.5 Å². The van der Waals surface area contributed by atoms with Crippen molar-refractivity contribution < 1.29 is 18.0 Å². The van der Waals surface area contributed by atoms with Gasteiger partial charge in [0.2, 0.25) is 11.9 Å². The zero-order chi connectivity index (χ0) is 15.6. The molecule has 0 aromatic carbocycles. The standard InChI is InChI=1S/C10H15F3N6O/c1-9(2,7(14)20)4-16-6-3-5(10(11,12)13)17-8(18-6)19-15/h3H,4,15H2,1-2H3,(H2,14,20)(H2,16,17,18,19). The van der Waals surface area contributed by atoms with Crippen LogP contribution < -0.4 is 22.3 Å². The monoisotopic (exact) mass is 292 g/mol. The van der Waals surface area contributed by atoms with Gasteiger partial charge in [0.05, 0.1) is 5.41 Å². The molecule has 1 amide bonds. The van der Waals surface area contributed by atoms with E-state index in [0.717, 1.165) is 6.07 Å². The van der Waals surface area contributed by atoms with Crippen LogP contribution in [-0.2, 0) is 11.0 Å². The summed E-state index contributed by atoms with van der Waals surface area (Å²) in [5.41, 5.74) is 5.01. The molecule has 10 heteroatoms. The van der Waals surface area contributed by atoms with Crippen molar-refractivity contribution in [3.05, 3.63) is 11.8 Å². The van der Waals surface area contributed by atoms with E-state index in [1.54, 1.807) is 13.8 Å². The van der Waals surface area contributed by atoms with Gasteiger partial charge in [-0.1, -0.05) is 0 Å². The average molecular weight is 292 g/mol. The largest absolute Gasteiger partial charge is 0.433 e. The molecular weight excluding hydrogens is 277 g/mol. The van der Waals surface area contributed by atoms with Crippen LogP contribution in [-0.4, -0.2) is 22.4 Å². The molecular formula is C10H15F3N6O. The third-order valence-corrected chi connectivity index (χ3v) is 2.52. The van der Waals surface area contributed by atoms with Crippen LogP contribution in [0.3, 0.4) is 0 Å². The lowest BCUT2D eigenvalue weighted by molar-refractivity contribution is -0.141. The first-order valence-corrected chi connectivity index (χ1v) is 5.53. The van der Waals surface area contributed by atoms with Crippen LogP contribution in [0.4, 0.5) is 24.9 Å². The highest BCUT2D eigenvalue weighted by atomic mass is 19.4. The third-order valence-electron chi connectivity index (χ3n) is 2.52. The number of nitrogens with one attached hydrogen (secondary N) is 2. The van der Waals surface area contributed by atoms with Crippen molar-refractivity contribution >= 4 is 17.7 Å². The maximum atomic E-state index is 12.6. The van der Waals surface area contributed by atoms with Crippen LogP contribution in [0, 0.1) is 5.41 Å². The molecule has 1 aromatic heterocycles. The molecule has 6 N–H and O–H groups in total. The Labute approximate surface area is 112 Å². The highest BCUT2D eigenvalue weighted by Gasteiger charge is 2.34. The second-order valence-corrected chi connectivity index (χ2v) is 4.71. The minimum absolute atomic E-state index is 0.0145.